The number of hydrogen-bond donors (Lipinski definition) is 2. The Balaban J connectivity index is 0.000000257. The third-order valence-electron chi connectivity index (χ3n) is 5.90. The molecule has 0 bridgehead atoms. The summed E-state index contributed by atoms with van der Waals surface area (Å²) in [5.41, 5.74) is 0.840. The minimum Gasteiger partial charge on any atom is -0.479 e. The molecule has 0 spiro atoms. The molecule has 2 atom stereocenters. The molecule has 12 nitrogen and oxygen atoms in total. The molecule has 1 saturated heterocycles. The molecule has 0 saturated carbocycles. The van der Waals surface area contributed by atoms with Crippen molar-refractivity contribution in [2.75, 3.05) is 38.1 Å². The highest BCUT2D eigenvalue weighted by Crippen LogP contribution is 2.35. The number of hydrogen-bond acceptors (Lipinski definition) is 9. The third-order valence-corrected chi connectivity index (χ3v) is 6.12. The summed E-state index contributed by atoms with van der Waals surface area (Å²) in [5, 5.41) is 17.8. The van der Waals surface area contributed by atoms with Crippen LogP contribution in [0.3, 0.4) is 0 Å². The maximum atomic E-state index is 12.8. The van der Waals surface area contributed by atoms with Crippen LogP contribution in [0.4, 0.5) is 10.6 Å². The number of benzene rings is 1. The quantitative estimate of drug-likeness (QED) is 0.505. The molecule has 2 amide bonds. The molecule has 2 aliphatic heterocycles. The number of aliphatic hydroxyl groups is 1. The van der Waals surface area contributed by atoms with Crippen LogP contribution in [-0.4, -0.2) is 86.2 Å². The molecule has 1 fully saturated rings. The van der Waals surface area contributed by atoms with E-state index in [2.05, 4.69) is 19.9 Å². The molecular weight excluding hydrogens is 516 g/mol. The first kappa shape index (κ1) is 26.9. The zero-order valence-electron chi connectivity index (χ0n) is 20.3. The second-order valence-corrected chi connectivity index (χ2v) is 8.91. The van der Waals surface area contributed by atoms with Gasteiger partial charge in [-0.15, -0.1) is 0 Å². The largest absolute Gasteiger partial charge is 0.479 e. The van der Waals surface area contributed by atoms with Crippen LogP contribution >= 0.6 is 11.6 Å². The van der Waals surface area contributed by atoms with E-state index >= 15 is 0 Å². The lowest BCUT2D eigenvalue weighted by Gasteiger charge is -2.33. The van der Waals surface area contributed by atoms with Crippen molar-refractivity contribution in [3.63, 3.8) is 0 Å². The number of piperazine rings is 1. The van der Waals surface area contributed by atoms with Gasteiger partial charge >= 0.3 is 12.1 Å². The highest BCUT2D eigenvalue weighted by atomic mass is 35.5. The lowest BCUT2D eigenvalue weighted by atomic mass is 10.1. The summed E-state index contributed by atoms with van der Waals surface area (Å²) in [6.07, 6.45) is 1.38. The monoisotopic (exact) mass is 540 g/mol. The molecule has 3 aromatic rings. The van der Waals surface area contributed by atoms with E-state index in [9.17, 15) is 14.4 Å². The first-order valence-electron chi connectivity index (χ1n) is 11.6. The Morgan fingerprint density at radius 2 is 1.71 bits per heavy atom. The Kier molecular flexibility index (Phi) is 8.46. The van der Waals surface area contributed by atoms with Crippen LogP contribution in [0.15, 0.2) is 61.1 Å². The number of rotatable bonds is 4. The second-order valence-electron chi connectivity index (χ2n) is 8.48. The number of amides is 2. The predicted molar refractivity (Wildman–Crippen MR) is 135 cm³/mol. The van der Waals surface area contributed by atoms with Gasteiger partial charge in [0.15, 0.2) is 11.8 Å². The molecule has 0 unspecified atom stereocenters. The summed E-state index contributed by atoms with van der Waals surface area (Å²) in [6, 6.07) is 11.5. The van der Waals surface area contributed by atoms with Crippen molar-refractivity contribution in [2.24, 2.45) is 0 Å². The zero-order chi connectivity index (χ0) is 27.2. The molecular formula is C25H25ClN6O6. The van der Waals surface area contributed by atoms with E-state index in [0.717, 1.165) is 13.1 Å². The van der Waals surface area contributed by atoms with Crippen LogP contribution in [0.2, 0.25) is 5.02 Å². The maximum Gasteiger partial charge on any atom is 0.412 e. The van der Waals surface area contributed by atoms with Crippen molar-refractivity contribution in [2.45, 2.75) is 12.3 Å². The molecule has 1 aromatic carbocycles. The minimum absolute atomic E-state index is 0.144. The summed E-state index contributed by atoms with van der Waals surface area (Å²) in [7, 11) is 2.00. The van der Waals surface area contributed by atoms with Crippen LogP contribution in [0.25, 0.3) is 0 Å². The highest BCUT2D eigenvalue weighted by molar-refractivity contribution is 6.30. The molecule has 198 valence electrons. The van der Waals surface area contributed by atoms with Crippen LogP contribution in [-0.2, 0) is 9.53 Å². The number of nitrogens with zero attached hydrogens (tertiary/aromatic N) is 6. The molecule has 2 aromatic heterocycles. The van der Waals surface area contributed by atoms with Crippen molar-refractivity contribution in [1.82, 2.24) is 24.8 Å². The molecule has 2 N–H and O–H groups in total. The number of anilines is 1. The van der Waals surface area contributed by atoms with Gasteiger partial charge in [-0.3, -0.25) is 9.78 Å². The lowest BCUT2D eigenvalue weighted by molar-refractivity contribution is -0.146. The average Bonchev–Trinajstić information content (AvgIpc) is 3.21. The average molecular weight is 541 g/mol. The van der Waals surface area contributed by atoms with Gasteiger partial charge in [-0.05, 0) is 24.7 Å². The fourth-order valence-corrected chi connectivity index (χ4v) is 3.93. The number of carboxylic acid groups (broad SMARTS) is 1. The smallest absolute Gasteiger partial charge is 0.412 e. The normalized spacial score (nSPS) is 17.8. The zero-order valence-corrected chi connectivity index (χ0v) is 21.1. The second kappa shape index (κ2) is 11.9. The predicted octanol–water partition coefficient (Wildman–Crippen LogP) is 2.37. The standard InChI is InChI=1S/C17H17ClN6O3.C8H8O3/c1-22-6-8-23(9-7-22)17(26)27-16-14-13(19-4-5-20-14)15(25)24(16)12-3-2-11(18)10-21-12;9-7(8(10)11)6-4-2-1-3-5-6/h2-5,10,16H,6-9H2,1H3;1-5,7,9H,(H,10,11)/t16-;7-/m01/s1. The Bertz CT molecular complexity index is 1290. The number of halogens is 1. The van der Waals surface area contributed by atoms with Gasteiger partial charge in [-0.25, -0.2) is 24.5 Å². The Morgan fingerprint density at radius 1 is 1.03 bits per heavy atom. The maximum absolute atomic E-state index is 12.8. The topological polar surface area (TPSA) is 149 Å². The van der Waals surface area contributed by atoms with E-state index in [4.69, 9.17) is 26.6 Å². The summed E-state index contributed by atoms with van der Waals surface area (Å²) < 4.78 is 5.68. The molecule has 13 heteroatoms. The van der Waals surface area contributed by atoms with Crippen LogP contribution in [0, 0.1) is 0 Å². The molecule has 0 aliphatic carbocycles. The van der Waals surface area contributed by atoms with Crippen LogP contribution in [0.1, 0.15) is 34.1 Å². The van der Waals surface area contributed by atoms with Crippen molar-refractivity contribution in [3.8, 4) is 0 Å². The molecule has 38 heavy (non-hydrogen) atoms. The number of aromatic nitrogens is 3. The molecule has 0 radical (unpaired) electrons. The van der Waals surface area contributed by atoms with Gasteiger partial charge in [0, 0.05) is 44.8 Å². The van der Waals surface area contributed by atoms with Gasteiger partial charge in [0.25, 0.3) is 5.91 Å². The van der Waals surface area contributed by atoms with Crippen LogP contribution in [0.5, 0.6) is 0 Å². The van der Waals surface area contributed by atoms with Crippen molar-refractivity contribution in [1.29, 1.82) is 0 Å². The number of likely N-dealkylation sites (N-methyl/N-ethyl adjacent to an activating group) is 1. The first-order valence-corrected chi connectivity index (χ1v) is 12.0. The number of carbonyl (C=O) groups excluding carboxylic acids is 2. The number of ether oxygens (including phenoxy) is 1. The van der Waals surface area contributed by atoms with E-state index in [1.54, 1.807) is 47.4 Å². The van der Waals surface area contributed by atoms with Crippen LogP contribution < -0.4 is 4.90 Å². The Morgan fingerprint density at radius 3 is 2.34 bits per heavy atom. The third kappa shape index (κ3) is 6.05. The highest BCUT2D eigenvalue weighted by Gasteiger charge is 2.44. The number of carboxylic acids is 1. The van der Waals surface area contributed by atoms with E-state index in [1.807, 2.05) is 7.05 Å². The number of pyridine rings is 1. The Hall–Kier alpha value is -4.13. The fourth-order valence-electron chi connectivity index (χ4n) is 3.82. The number of aliphatic carboxylic acids is 1. The van der Waals surface area contributed by atoms with E-state index in [1.165, 1.54) is 23.5 Å². The molecule has 5 rings (SSSR count). The van der Waals surface area contributed by atoms with Gasteiger partial charge in [-0.1, -0.05) is 41.9 Å². The van der Waals surface area contributed by atoms with Gasteiger partial charge in [0.05, 0.1) is 5.02 Å². The fraction of sp³-hybridized carbons (Fsp3) is 0.280. The minimum atomic E-state index is -1.41. The molecule has 2 aliphatic rings. The summed E-state index contributed by atoms with van der Waals surface area (Å²) in [4.78, 5) is 53.3. The van der Waals surface area contributed by atoms with Gasteiger partial charge in [-0.2, -0.15) is 0 Å². The van der Waals surface area contributed by atoms with Gasteiger partial charge in [0.2, 0.25) is 6.23 Å². The molecule has 4 heterocycles. The number of aliphatic hydroxyl groups excluding tert-OH is 1. The van der Waals surface area contributed by atoms with Crippen molar-refractivity contribution in [3.05, 3.63) is 83.0 Å². The Labute approximate surface area is 223 Å². The summed E-state index contributed by atoms with van der Waals surface area (Å²) in [5.74, 6) is -1.35. The van der Waals surface area contributed by atoms with Crippen molar-refractivity contribution >= 4 is 35.4 Å². The van der Waals surface area contributed by atoms with E-state index in [0.29, 0.717) is 35.2 Å². The van der Waals surface area contributed by atoms with E-state index in [-0.39, 0.29) is 5.69 Å². The summed E-state index contributed by atoms with van der Waals surface area (Å²) >= 11 is 5.89. The number of fused-ring (bicyclic) bond motifs is 1. The van der Waals surface area contributed by atoms with Gasteiger partial charge in [0.1, 0.15) is 11.5 Å². The van der Waals surface area contributed by atoms with Gasteiger partial charge < -0.3 is 24.7 Å². The van der Waals surface area contributed by atoms with E-state index < -0.39 is 30.3 Å². The SMILES string of the molecule is CN1CCN(C(=O)O[C@H]2c3nccnc3C(=O)N2c2ccc(Cl)cn2)CC1.O=C(O)[C@H](O)c1ccccc1. The van der Waals surface area contributed by atoms with Crippen molar-refractivity contribution < 1.29 is 29.3 Å². The summed E-state index contributed by atoms with van der Waals surface area (Å²) in [6.45, 7) is 2.64. The lowest BCUT2D eigenvalue weighted by Crippen LogP contribution is -2.48. The first-order chi connectivity index (χ1) is 18.3. The number of carbonyl (C=O) groups is 3.